The summed E-state index contributed by atoms with van der Waals surface area (Å²) in [5.74, 6) is 0.770. The van der Waals surface area contributed by atoms with E-state index >= 15 is 4.39 Å². The van der Waals surface area contributed by atoms with Crippen LogP contribution in [0.15, 0.2) is 124 Å². The van der Waals surface area contributed by atoms with Crippen LogP contribution in [0.2, 0.25) is 0 Å². The Kier molecular flexibility index (Phi) is 6.85. The lowest BCUT2D eigenvalue weighted by Gasteiger charge is -2.24. The van der Waals surface area contributed by atoms with Gasteiger partial charge in [0.1, 0.15) is 11.4 Å². The molecule has 56 heavy (non-hydrogen) atoms. The summed E-state index contributed by atoms with van der Waals surface area (Å²) in [6.07, 6.45) is 0. The van der Waals surface area contributed by atoms with Gasteiger partial charge in [-0.15, -0.1) is 0 Å². The minimum absolute atomic E-state index is 0.0838. The van der Waals surface area contributed by atoms with Gasteiger partial charge < -0.3 is 8.83 Å². The van der Waals surface area contributed by atoms with Crippen LogP contribution >= 0.6 is 0 Å². The van der Waals surface area contributed by atoms with Gasteiger partial charge in [-0.05, 0) is 124 Å². The Bertz CT molecular complexity index is 3280. The summed E-state index contributed by atoms with van der Waals surface area (Å²) in [6, 6.07) is 39.1. The summed E-state index contributed by atoms with van der Waals surface area (Å²) in [7, 11) is 0. The Morgan fingerprint density at radius 3 is 2.14 bits per heavy atom. The van der Waals surface area contributed by atoms with E-state index in [1.165, 1.54) is 13.8 Å². The number of imidazole rings is 1. The van der Waals surface area contributed by atoms with Gasteiger partial charge in [0.25, 0.3) is 0 Å². The first-order chi connectivity index (χ1) is 28.2. The molecule has 0 radical (unpaired) electrons. The van der Waals surface area contributed by atoms with E-state index in [1.54, 1.807) is 18.2 Å². The molecule has 0 saturated heterocycles. The zero-order valence-electron chi connectivity index (χ0n) is 35.2. The molecule has 0 atom stereocenters. The number of aryl methyl sites for hydroxylation is 1. The number of halogens is 1. The third-order valence-corrected chi connectivity index (χ3v) is 11.2. The minimum Gasteiger partial charge on any atom is -0.453 e. The van der Waals surface area contributed by atoms with Crippen LogP contribution in [0.1, 0.15) is 80.1 Å². The van der Waals surface area contributed by atoms with Gasteiger partial charge in [-0.2, -0.15) is 0 Å². The van der Waals surface area contributed by atoms with Gasteiger partial charge in [-0.1, -0.05) is 100 Å². The second kappa shape index (κ2) is 12.4. The maximum Gasteiger partial charge on any atom is 0.232 e. The van der Waals surface area contributed by atoms with Gasteiger partial charge in [0.15, 0.2) is 22.4 Å². The highest BCUT2D eigenvalue weighted by Crippen LogP contribution is 2.45. The number of benzene rings is 7. The molecule has 0 aliphatic carbocycles. The molecule has 276 valence electrons. The van der Waals surface area contributed by atoms with E-state index in [0.29, 0.717) is 44.4 Å². The molecule has 10 rings (SSSR count). The van der Waals surface area contributed by atoms with E-state index in [0.717, 1.165) is 60.5 Å². The summed E-state index contributed by atoms with van der Waals surface area (Å²) < 4.78 is 56.1. The summed E-state index contributed by atoms with van der Waals surface area (Å²) in [4.78, 5) is 10.0. The first kappa shape index (κ1) is 31.0. The molecule has 7 aromatic carbocycles. The van der Waals surface area contributed by atoms with Crippen LogP contribution in [-0.4, -0.2) is 14.5 Å². The number of fused-ring (bicyclic) bond motifs is 9. The molecule has 3 heterocycles. The van der Waals surface area contributed by atoms with Crippen molar-refractivity contribution in [3.05, 3.63) is 138 Å². The number of nitrogens with zero attached hydrogens (tertiary/aromatic N) is 3. The fraction of sp³-hybridized carbons (Fsp3) is 0.200. The van der Waals surface area contributed by atoms with E-state index in [9.17, 15) is 0 Å². The van der Waals surface area contributed by atoms with Crippen molar-refractivity contribution in [2.75, 3.05) is 0 Å². The average molecular weight is 739 g/mol. The number of aromatic nitrogens is 3. The largest absolute Gasteiger partial charge is 0.453 e. The summed E-state index contributed by atoms with van der Waals surface area (Å²) in [6.45, 7) is 9.18. The molecule has 0 amide bonds. The molecule has 0 spiro atoms. The fourth-order valence-electron chi connectivity index (χ4n) is 8.36. The Balaban J connectivity index is 1.37. The minimum atomic E-state index is -2.47. The van der Waals surface area contributed by atoms with Crippen LogP contribution in [-0.2, 0) is 5.67 Å². The lowest BCUT2D eigenvalue weighted by Crippen LogP contribution is -2.09. The molecule has 5 nitrogen and oxygen atoms in total. The van der Waals surface area contributed by atoms with Crippen LogP contribution in [0.4, 0.5) is 4.39 Å². The second-order valence-electron chi connectivity index (χ2n) is 16.0. The Hall–Kier alpha value is -6.27. The molecule has 3 aromatic heterocycles. The van der Waals surface area contributed by atoms with Gasteiger partial charge in [-0.25, -0.2) is 14.4 Å². The van der Waals surface area contributed by atoms with Crippen molar-refractivity contribution in [2.45, 2.75) is 65.9 Å². The van der Waals surface area contributed by atoms with Crippen molar-refractivity contribution in [2.24, 2.45) is 0 Å². The molecule has 0 bridgehead atoms. The predicted octanol–water partition coefficient (Wildman–Crippen LogP) is 14.5. The van der Waals surface area contributed by atoms with E-state index < -0.39 is 12.5 Å². The first-order valence-corrected chi connectivity index (χ1v) is 19.2. The molecular weight excluding hydrogens is 694 g/mol. The van der Waals surface area contributed by atoms with Gasteiger partial charge in [0.2, 0.25) is 5.89 Å². The number of alkyl halides is 1. The number of oxazole rings is 1. The number of furan rings is 1. The average Bonchev–Trinajstić information content (AvgIpc) is 3.93. The summed E-state index contributed by atoms with van der Waals surface area (Å²) in [5, 5.41) is 5.44. The summed E-state index contributed by atoms with van der Waals surface area (Å²) in [5.41, 5.74) is 7.59. The van der Waals surface area contributed by atoms with Crippen molar-refractivity contribution in [3.8, 4) is 28.2 Å². The van der Waals surface area contributed by atoms with E-state index in [2.05, 4.69) is 122 Å². The first-order valence-electron chi connectivity index (χ1n) is 20.7. The highest BCUT2D eigenvalue weighted by atomic mass is 19.1. The standard InChI is InChI=1S/C50H42FN3O2/c1-27(2)37-23-33(30-13-9-8-10-14-30)24-38(28(3)4)45(37)54-41-26-39-32(19-18-31-15-11-12-16-34(31)39)25-40(41)52-48(54)36-20-17-29(5)43-35-21-22-42-44(47(35)56-46(36)43)53-49(55-42)50(6,7)51/h8-28H,1-7H3/i5D3. The molecule has 0 fully saturated rings. The molecule has 0 N–H and O–H groups in total. The molecule has 0 aliphatic heterocycles. The smallest absolute Gasteiger partial charge is 0.232 e. The lowest BCUT2D eigenvalue weighted by molar-refractivity contribution is 0.174. The van der Waals surface area contributed by atoms with Crippen molar-refractivity contribution in [1.82, 2.24) is 14.5 Å². The quantitative estimate of drug-likeness (QED) is 0.159. The fourth-order valence-corrected chi connectivity index (χ4v) is 8.36. The van der Waals surface area contributed by atoms with Crippen molar-refractivity contribution in [3.63, 3.8) is 0 Å². The van der Waals surface area contributed by atoms with Gasteiger partial charge >= 0.3 is 0 Å². The van der Waals surface area contributed by atoms with Crippen LogP contribution in [0.3, 0.4) is 0 Å². The Labute approximate surface area is 328 Å². The normalized spacial score (nSPS) is 13.6. The van der Waals surface area contributed by atoms with Crippen LogP contribution < -0.4 is 0 Å². The highest BCUT2D eigenvalue weighted by molar-refractivity contribution is 6.17. The van der Waals surface area contributed by atoms with Crippen LogP contribution in [0.5, 0.6) is 0 Å². The zero-order chi connectivity index (χ0) is 41.1. The number of hydrogen-bond acceptors (Lipinski definition) is 4. The Morgan fingerprint density at radius 2 is 1.41 bits per heavy atom. The highest BCUT2D eigenvalue weighted by Gasteiger charge is 2.29. The molecule has 10 aromatic rings. The van der Waals surface area contributed by atoms with E-state index in [1.807, 2.05) is 12.1 Å². The molecular formula is C50H42FN3O2. The topological polar surface area (TPSA) is 57.0 Å². The van der Waals surface area contributed by atoms with Crippen LogP contribution in [0.25, 0.3) is 93.8 Å². The summed E-state index contributed by atoms with van der Waals surface area (Å²) >= 11 is 0. The van der Waals surface area contributed by atoms with Gasteiger partial charge in [0.05, 0.1) is 22.3 Å². The van der Waals surface area contributed by atoms with E-state index in [-0.39, 0.29) is 23.3 Å². The maximum atomic E-state index is 15.2. The molecule has 0 unspecified atom stereocenters. The van der Waals surface area contributed by atoms with Crippen LogP contribution in [0, 0.1) is 6.85 Å². The third kappa shape index (κ3) is 5.19. The van der Waals surface area contributed by atoms with Gasteiger partial charge in [-0.3, -0.25) is 4.57 Å². The van der Waals surface area contributed by atoms with E-state index in [4.69, 9.17) is 17.9 Å². The van der Waals surface area contributed by atoms with Crippen molar-refractivity contribution >= 4 is 65.6 Å². The maximum absolute atomic E-state index is 15.2. The Morgan fingerprint density at radius 1 is 0.679 bits per heavy atom. The number of rotatable bonds is 6. The second-order valence-corrected chi connectivity index (χ2v) is 16.0. The van der Waals surface area contributed by atoms with Crippen molar-refractivity contribution < 1.29 is 17.3 Å². The van der Waals surface area contributed by atoms with Crippen molar-refractivity contribution in [1.29, 1.82) is 0 Å². The van der Waals surface area contributed by atoms with Gasteiger partial charge in [0, 0.05) is 14.9 Å². The lowest BCUT2D eigenvalue weighted by atomic mass is 9.88. The molecule has 0 saturated carbocycles. The molecule has 6 heteroatoms. The zero-order valence-corrected chi connectivity index (χ0v) is 32.2. The predicted molar refractivity (Wildman–Crippen MR) is 229 cm³/mol. The molecule has 0 aliphatic rings. The monoisotopic (exact) mass is 738 g/mol. The third-order valence-electron chi connectivity index (χ3n) is 11.2. The SMILES string of the molecule is [2H]C([2H])([2H])c1ccc(-c2nc3cc4ccc5ccccc5c4cc3n2-c2c(C(C)C)cc(-c3ccccc3)cc2C(C)C)c2oc3c(ccc4oc(C(C)(C)F)nc43)c12. The number of hydrogen-bond donors (Lipinski definition) is 0.